The predicted molar refractivity (Wildman–Crippen MR) is 93.0 cm³/mol. The molecule has 1 amide bonds. The smallest absolute Gasteiger partial charge is 0.274 e. The van der Waals surface area contributed by atoms with E-state index >= 15 is 0 Å². The van der Waals surface area contributed by atoms with Gasteiger partial charge in [0, 0.05) is 37.5 Å². The number of nitro groups is 1. The van der Waals surface area contributed by atoms with Gasteiger partial charge in [0.05, 0.1) is 16.7 Å². The summed E-state index contributed by atoms with van der Waals surface area (Å²) in [5.74, 6) is 0.504. The molecule has 3 aromatic rings. The third-order valence-electron chi connectivity index (χ3n) is 3.84. The predicted octanol–water partition coefficient (Wildman–Crippen LogP) is 2.13. The summed E-state index contributed by atoms with van der Waals surface area (Å²) in [5.41, 5.74) is 1.48. The number of ether oxygens (including phenoxy) is 1. The van der Waals surface area contributed by atoms with E-state index in [1.165, 1.54) is 24.3 Å². The SMILES string of the molecule is Cc1onc(C(=O)NCc2cnn(C)c2)c1COc1ccc([N+](=O)[O-])cc1. The first-order valence-corrected chi connectivity index (χ1v) is 8.02. The molecule has 0 aliphatic heterocycles. The second-order valence-electron chi connectivity index (χ2n) is 5.81. The van der Waals surface area contributed by atoms with E-state index in [0.29, 0.717) is 23.6 Å². The Balaban J connectivity index is 1.64. The maximum absolute atomic E-state index is 12.4. The van der Waals surface area contributed by atoms with Gasteiger partial charge in [-0.05, 0) is 19.1 Å². The Hall–Kier alpha value is -3.69. The van der Waals surface area contributed by atoms with Crippen LogP contribution in [0.4, 0.5) is 5.69 Å². The fourth-order valence-electron chi connectivity index (χ4n) is 2.39. The molecule has 3 rings (SSSR count). The lowest BCUT2D eigenvalue weighted by Crippen LogP contribution is -2.24. The van der Waals surface area contributed by atoms with Gasteiger partial charge in [-0.2, -0.15) is 5.10 Å². The summed E-state index contributed by atoms with van der Waals surface area (Å²) in [6.07, 6.45) is 3.46. The van der Waals surface area contributed by atoms with E-state index in [1.807, 2.05) is 0 Å². The maximum Gasteiger partial charge on any atom is 0.274 e. The zero-order valence-corrected chi connectivity index (χ0v) is 14.7. The van der Waals surface area contributed by atoms with Gasteiger partial charge < -0.3 is 14.6 Å². The van der Waals surface area contributed by atoms with E-state index in [9.17, 15) is 14.9 Å². The third kappa shape index (κ3) is 4.29. The summed E-state index contributed by atoms with van der Waals surface area (Å²) < 4.78 is 12.4. The Labute approximate surface area is 153 Å². The highest BCUT2D eigenvalue weighted by atomic mass is 16.6. The number of carbonyl (C=O) groups is 1. The van der Waals surface area contributed by atoms with Crippen LogP contribution in [-0.2, 0) is 20.2 Å². The lowest BCUT2D eigenvalue weighted by molar-refractivity contribution is -0.384. The quantitative estimate of drug-likeness (QED) is 0.498. The van der Waals surface area contributed by atoms with Crippen molar-refractivity contribution in [1.82, 2.24) is 20.3 Å². The molecule has 27 heavy (non-hydrogen) atoms. The fraction of sp³-hybridized carbons (Fsp3) is 0.235. The van der Waals surface area contributed by atoms with Crippen molar-refractivity contribution < 1.29 is 19.0 Å². The number of nitro benzene ring substituents is 1. The number of nitrogens with zero attached hydrogens (tertiary/aromatic N) is 4. The largest absolute Gasteiger partial charge is 0.489 e. The van der Waals surface area contributed by atoms with Crippen LogP contribution >= 0.6 is 0 Å². The molecule has 10 heteroatoms. The van der Waals surface area contributed by atoms with Gasteiger partial charge in [-0.3, -0.25) is 19.6 Å². The van der Waals surface area contributed by atoms with Crippen molar-refractivity contribution in [1.29, 1.82) is 0 Å². The molecule has 1 aromatic carbocycles. The minimum Gasteiger partial charge on any atom is -0.489 e. The number of hydrogen-bond acceptors (Lipinski definition) is 7. The molecule has 0 aliphatic carbocycles. The van der Waals surface area contributed by atoms with E-state index < -0.39 is 10.8 Å². The van der Waals surface area contributed by atoms with Crippen molar-refractivity contribution in [3.8, 4) is 5.75 Å². The van der Waals surface area contributed by atoms with Gasteiger partial charge in [-0.15, -0.1) is 0 Å². The average molecular weight is 371 g/mol. The van der Waals surface area contributed by atoms with Crippen molar-refractivity contribution >= 4 is 11.6 Å². The van der Waals surface area contributed by atoms with Crippen molar-refractivity contribution in [3.63, 3.8) is 0 Å². The highest BCUT2D eigenvalue weighted by Crippen LogP contribution is 2.20. The van der Waals surface area contributed by atoms with Gasteiger partial charge in [0.15, 0.2) is 5.69 Å². The standard InChI is InChI=1S/C17H17N5O5/c1-11-15(10-26-14-5-3-13(4-6-14)22(24)25)16(20-27-11)17(23)18-7-12-8-19-21(2)9-12/h3-6,8-9H,7,10H2,1-2H3,(H,18,23). The van der Waals surface area contributed by atoms with Crippen molar-refractivity contribution in [2.24, 2.45) is 7.05 Å². The van der Waals surface area contributed by atoms with Gasteiger partial charge >= 0.3 is 0 Å². The molecule has 0 saturated heterocycles. The van der Waals surface area contributed by atoms with E-state index in [2.05, 4.69) is 15.6 Å². The Morgan fingerprint density at radius 2 is 2.11 bits per heavy atom. The number of nitrogens with one attached hydrogen (secondary N) is 1. The molecule has 0 bridgehead atoms. The molecule has 0 saturated carbocycles. The number of carbonyl (C=O) groups excluding carboxylic acids is 1. The molecule has 0 radical (unpaired) electrons. The highest BCUT2D eigenvalue weighted by molar-refractivity contribution is 5.93. The molecule has 0 atom stereocenters. The van der Waals surface area contributed by atoms with Crippen LogP contribution in [0.15, 0.2) is 41.2 Å². The summed E-state index contributed by atoms with van der Waals surface area (Å²) in [5, 5.41) is 21.3. The molecule has 2 aromatic heterocycles. The summed E-state index contributed by atoms with van der Waals surface area (Å²) in [6, 6.07) is 5.67. The Morgan fingerprint density at radius 1 is 1.37 bits per heavy atom. The van der Waals surface area contributed by atoms with Crippen molar-refractivity contribution in [3.05, 3.63) is 69.4 Å². The molecule has 1 N–H and O–H groups in total. The van der Waals surface area contributed by atoms with Crippen LogP contribution in [0.1, 0.15) is 27.4 Å². The van der Waals surface area contributed by atoms with E-state index in [4.69, 9.17) is 9.26 Å². The Bertz CT molecular complexity index is 961. The normalized spacial score (nSPS) is 10.6. The minimum atomic E-state index is -0.487. The summed E-state index contributed by atoms with van der Waals surface area (Å²) in [4.78, 5) is 22.6. The van der Waals surface area contributed by atoms with Crippen molar-refractivity contribution in [2.45, 2.75) is 20.1 Å². The number of benzene rings is 1. The topological polar surface area (TPSA) is 125 Å². The van der Waals surface area contributed by atoms with Crippen molar-refractivity contribution in [2.75, 3.05) is 0 Å². The molecule has 140 valence electrons. The van der Waals surface area contributed by atoms with Crippen LogP contribution in [0.2, 0.25) is 0 Å². The molecule has 10 nitrogen and oxygen atoms in total. The lowest BCUT2D eigenvalue weighted by atomic mass is 10.2. The highest BCUT2D eigenvalue weighted by Gasteiger charge is 2.20. The Kier molecular flexibility index (Phi) is 5.15. The first kappa shape index (κ1) is 18.1. The zero-order chi connectivity index (χ0) is 19.4. The number of non-ortho nitro benzene ring substituents is 1. The maximum atomic E-state index is 12.4. The van der Waals surface area contributed by atoms with Gasteiger partial charge in [0.2, 0.25) is 0 Å². The molecule has 0 unspecified atom stereocenters. The van der Waals surface area contributed by atoms with Crippen LogP contribution in [0.25, 0.3) is 0 Å². The van der Waals surface area contributed by atoms with Gasteiger partial charge in [0.1, 0.15) is 18.1 Å². The molecule has 0 aliphatic rings. The first-order valence-electron chi connectivity index (χ1n) is 8.02. The fourth-order valence-corrected chi connectivity index (χ4v) is 2.39. The van der Waals surface area contributed by atoms with Gasteiger partial charge in [-0.25, -0.2) is 0 Å². The third-order valence-corrected chi connectivity index (χ3v) is 3.84. The molecule has 2 heterocycles. The van der Waals surface area contributed by atoms with Crippen LogP contribution in [0.5, 0.6) is 5.75 Å². The molecular weight excluding hydrogens is 354 g/mol. The Morgan fingerprint density at radius 3 is 2.74 bits per heavy atom. The summed E-state index contributed by atoms with van der Waals surface area (Å²) >= 11 is 0. The van der Waals surface area contributed by atoms with E-state index in [1.54, 1.807) is 31.0 Å². The van der Waals surface area contributed by atoms with Gasteiger partial charge in [0.25, 0.3) is 11.6 Å². The second-order valence-corrected chi connectivity index (χ2v) is 5.81. The van der Waals surface area contributed by atoms with Crippen LogP contribution in [-0.4, -0.2) is 25.8 Å². The number of aromatic nitrogens is 3. The van der Waals surface area contributed by atoms with Crippen LogP contribution < -0.4 is 10.1 Å². The molecule has 0 fully saturated rings. The second kappa shape index (κ2) is 7.68. The summed E-state index contributed by atoms with van der Waals surface area (Å²) in [7, 11) is 1.79. The first-order chi connectivity index (χ1) is 12.9. The number of aryl methyl sites for hydroxylation is 2. The molecule has 0 spiro atoms. The van der Waals surface area contributed by atoms with Gasteiger partial charge in [-0.1, -0.05) is 5.16 Å². The lowest BCUT2D eigenvalue weighted by Gasteiger charge is -2.07. The summed E-state index contributed by atoms with van der Waals surface area (Å²) in [6.45, 7) is 2.03. The molecular formula is C17H17N5O5. The van der Waals surface area contributed by atoms with Crippen LogP contribution in [0.3, 0.4) is 0 Å². The minimum absolute atomic E-state index is 0.0287. The number of hydrogen-bond donors (Lipinski definition) is 1. The average Bonchev–Trinajstić information content (AvgIpc) is 3.23. The monoisotopic (exact) mass is 371 g/mol. The zero-order valence-electron chi connectivity index (χ0n) is 14.7. The van der Waals surface area contributed by atoms with Crippen LogP contribution in [0, 0.1) is 17.0 Å². The van der Waals surface area contributed by atoms with E-state index in [-0.39, 0.29) is 18.0 Å². The number of amides is 1. The van der Waals surface area contributed by atoms with E-state index in [0.717, 1.165) is 5.56 Å². The number of rotatable bonds is 7.